The van der Waals surface area contributed by atoms with Gasteiger partial charge in [0.25, 0.3) is 0 Å². The molecule has 0 saturated carbocycles. The molecule has 6 nitrogen and oxygen atoms in total. The minimum atomic E-state index is -0.0161. The van der Waals surface area contributed by atoms with Crippen molar-refractivity contribution in [1.29, 1.82) is 0 Å². The Bertz CT molecular complexity index is 813. The molecular formula is C23H33IN4O2S. The first kappa shape index (κ1) is 25.5. The van der Waals surface area contributed by atoms with Crippen LogP contribution in [0.25, 0.3) is 0 Å². The number of thioether (sulfide) groups is 1. The van der Waals surface area contributed by atoms with Crippen LogP contribution in [-0.2, 0) is 6.54 Å². The van der Waals surface area contributed by atoms with Crippen LogP contribution in [0.2, 0.25) is 0 Å². The molecule has 0 aromatic heterocycles. The van der Waals surface area contributed by atoms with Gasteiger partial charge in [0.05, 0.1) is 13.7 Å². The molecule has 1 saturated heterocycles. The van der Waals surface area contributed by atoms with E-state index in [0.29, 0.717) is 6.54 Å². The topological polar surface area (TPSA) is 58.1 Å². The predicted molar refractivity (Wildman–Crippen MR) is 143 cm³/mol. The number of guanidine groups is 1. The van der Waals surface area contributed by atoms with Crippen LogP contribution in [0, 0.1) is 0 Å². The summed E-state index contributed by atoms with van der Waals surface area (Å²) in [6, 6.07) is 16.4. The number of anilines is 1. The molecule has 31 heavy (non-hydrogen) atoms. The molecule has 0 spiro atoms. The van der Waals surface area contributed by atoms with Gasteiger partial charge in [-0.2, -0.15) is 11.8 Å². The van der Waals surface area contributed by atoms with Crippen LogP contribution >= 0.6 is 35.7 Å². The number of benzene rings is 2. The molecule has 8 heteroatoms. The van der Waals surface area contributed by atoms with Crippen LogP contribution in [0.15, 0.2) is 53.5 Å². The van der Waals surface area contributed by atoms with Gasteiger partial charge in [0.1, 0.15) is 17.6 Å². The molecule has 2 aromatic carbocycles. The number of methoxy groups -OCH3 is 1. The third-order valence-electron chi connectivity index (χ3n) is 4.93. The van der Waals surface area contributed by atoms with Gasteiger partial charge in [-0.15, -0.1) is 24.0 Å². The molecular weight excluding hydrogens is 523 g/mol. The smallest absolute Gasteiger partial charge is 0.191 e. The Hall–Kier alpha value is -1.81. The molecule has 1 atom stereocenters. The number of ether oxygens (including phenoxy) is 2. The van der Waals surface area contributed by atoms with Crippen LogP contribution in [0.1, 0.15) is 12.5 Å². The van der Waals surface area contributed by atoms with Crippen LogP contribution in [0.3, 0.4) is 0 Å². The molecule has 0 radical (unpaired) electrons. The van der Waals surface area contributed by atoms with Gasteiger partial charge in [-0.1, -0.05) is 18.2 Å². The minimum absolute atomic E-state index is 0. The van der Waals surface area contributed by atoms with Crippen LogP contribution in [0.5, 0.6) is 11.5 Å². The van der Waals surface area contributed by atoms with Gasteiger partial charge in [0.15, 0.2) is 5.96 Å². The van der Waals surface area contributed by atoms with Crippen molar-refractivity contribution in [2.75, 3.05) is 50.2 Å². The average Bonchev–Trinajstić information content (AvgIpc) is 2.80. The second-order valence-electron chi connectivity index (χ2n) is 7.18. The Balaban J connectivity index is 0.00000341. The summed E-state index contributed by atoms with van der Waals surface area (Å²) in [5.41, 5.74) is 2.54. The van der Waals surface area contributed by atoms with E-state index in [2.05, 4.69) is 44.8 Å². The fourth-order valence-electron chi connectivity index (χ4n) is 3.24. The lowest BCUT2D eigenvalue weighted by molar-refractivity contribution is 0.223. The molecule has 170 valence electrons. The van der Waals surface area contributed by atoms with Gasteiger partial charge >= 0.3 is 0 Å². The van der Waals surface area contributed by atoms with Crippen molar-refractivity contribution >= 4 is 47.4 Å². The van der Waals surface area contributed by atoms with E-state index in [1.807, 2.05) is 43.0 Å². The molecule has 1 aliphatic heterocycles. The van der Waals surface area contributed by atoms with Crippen LogP contribution in [-0.4, -0.2) is 57.4 Å². The molecule has 2 N–H and O–H groups in total. The highest BCUT2D eigenvalue weighted by atomic mass is 127. The number of nitrogens with one attached hydrogen (secondary N) is 2. The zero-order valence-corrected chi connectivity index (χ0v) is 21.6. The quantitative estimate of drug-likeness (QED) is 0.292. The molecule has 2 aromatic rings. The lowest BCUT2D eigenvalue weighted by atomic mass is 10.2. The highest BCUT2D eigenvalue weighted by Crippen LogP contribution is 2.20. The molecule has 1 unspecified atom stereocenters. The molecule has 3 rings (SSSR count). The summed E-state index contributed by atoms with van der Waals surface area (Å²) in [5, 5.41) is 6.69. The fourth-order valence-corrected chi connectivity index (χ4v) is 4.14. The first-order valence-corrected chi connectivity index (χ1v) is 11.5. The minimum Gasteiger partial charge on any atom is -0.497 e. The highest BCUT2D eigenvalue weighted by molar-refractivity contribution is 14.0. The number of halogens is 1. The number of aliphatic imine (C=N–C) groups is 1. The maximum Gasteiger partial charge on any atom is 0.191 e. The van der Waals surface area contributed by atoms with Gasteiger partial charge in [0.2, 0.25) is 0 Å². The molecule has 1 heterocycles. The molecule has 0 bridgehead atoms. The third-order valence-corrected chi connectivity index (χ3v) is 5.87. The summed E-state index contributed by atoms with van der Waals surface area (Å²) < 4.78 is 11.2. The highest BCUT2D eigenvalue weighted by Gasteiger charge is 2.11. The number of nitrogens with zero attached hydrogens (tertiary/aromatic N) is 2. The predicted octanol–water partition coefficient (Wildman–Crippen LogP) is 4.00. The molecule has 0 amide bonds. The second kappa shape index (κ2) is 13.6. The normalized spacial score (nSPS) is 14.9. The van der Waals surface area contributed by atoms with Crippen molar-refractivity contribution in [1.82, 2.24) is 10.6 Å². The Morgan fingerprint density at radius 1 is 1.10 bits per heavy atom. The summed E-state index contributed by atoms with van der Waals surface area (Å²) in [6.07, 6.45) is -0.0161. The van der Waals surface area contributed by atoms with Crippen molar-refractivity contribution in [2.45, 2.75) is 19.6 Å². The Morgan fingerprint density at radius 2 is 1.81 bits per heavy atom. The number of rotatable bonds is 8. The van der Waals surface area contributed by atoms with Gasteiger partial charge in [-0.3, -0.25) is 4.99 Å². The monoisotopic (exact) mass is 556 g/mol. The summed E-state index contributed by atoms with van der Waals surface area (Å²) in [7, 11) is 3.43. The maximum absolute atomic E-state index is 5.95. The maximum atomic E-state index is 5.95. The summed E-state index contributed by atoms with van der Waals surface area (Å²) >= 11 is 2.03. The Labute approximate surface area is 207 Å². The van der Waals surface area contributed by atoms with E-state index in [4.69, 9.17) is 9.47 Å². The zero-order valence-electron chi connectivity index (χ0n) is 18.5. The molecule has 0 aliphatic carbocycles. The van der Waals surface area contributed by atoms with Crippen molar-refractivity contribution in [3.63, 3.8) is 0 Å². The summed E-state index contributed by atoms with van der Waals surface area (Å²) in [4.78, 5) is 6.77. The van der Waals surface area contributed by atoms with Crippen molar-refractivity contribution in [3.8, 4) is 11.5 Å². The van der Waals surface area contributed by atoms with Gasteiger partial charge in [-0.05, 0) is 36.8 Å². The number of hydrogen-bond acceptors (Lipinski definition) is 5. The van der Waals surface area contributed by atoms with E-state index >= 15 is 0 Å². The van der Waals surface area contributed by atoms with Gasteiger partial charge < -0.3 is 25.0 Å². The second-order valence-corrected chi connectivity index (χ2v) is 8.40. The van der Waals surface area contributed by atoms with E-state index in [1.54, 1.807) is 14.2 Å². The molecule has 1 aliphatic rings. The first-order chi connectivity index (χ1) is 14.7. The van der Waals surface area contributed by atoms with E-state index in [0.717, 1.165) is 37.1 Å². The van der Waals surface area contributed by atoms with Gasteiger partial charge in [-0.25, -0.2) is 0 Å². The van der Waals surface area contributed by atoms with E-state index in [1.165, 1.54) is 22.8 Å². The van der Waals surface area contributed by atoms with E-state index in [9.17, 15) is 0 Å². The standard InChI is InChI=1S/C23H32N4O2S.HI/c1-18(29-22-6-4-5-21(15-22)28-3)16-25-23(24-2)26-17-19-7-9-20(10-8-19)27-11-13-30-14-12-27;/h4-10,15,18H,11-14,16-17H2,1-3H3,(H2,24,25,26);1H. The van der Waals surface area contributed by atoms with E-state index in [-0.39, 0.29) is 30.1 Å². The molecule has 1 fully saturated rings. The lowest BCUT2D eigenvalue weighted by Gasteiger charge is -2.28. The van der Waals surface area contributed by atoms with Crippen molar-refractivity contribution in [2.24, 2.45) is 4.99 Å². The lowest BCUT2D eigenvalue weighted by Crippen LogP contribution is -2.41. The number of hydrogen-bond donors (Lipinski definition) is 2. The largest absolute Gasteiger partial charge is 0.497 e. The average molecular weight is 557 g/mol. The van der Waals surface area contributed by atoms with E-state index < -0.39 is 0 Å². The van der Waals surface area contributed by atoms with Crippen molar-refractivity contribution < 1.29 is 9.47 Å². The summed E-state index contributed by atoms with van der Waals surface area (Å²) in [6.45, 7) is 5.66. The first-order valence-electron chi connectivity index (χ1n) is 10.3. The fraction of sp³-hybridized carbons (Fsp3) is 0.435. The Morgan fingerprint density at radius 3 is 2.48 bits per heavy atom. The van der Waals surface area contributed by atoms with Gasteiger partial charge in [0, 0.05) is 49.9 Å². The summed E-state index contributed by atoms with van der Waals surface area (Å²) in [5.74, 6) is 4.76. The Kier molecular flexibility index (Phi) is 11.1. The van der Waals surface area contributed by atoms with Crippen molar-refractivity contribution in [3.05, 3.63) is 54.1 Å². The SMILES string of the molecule is CN=C(NCc1ccc(N2CCSCC2)cc1)NCC(C)Oc1cccc(OC)c1.I. The zero-order chi connectivity index (χ0) is 21.2. The van der Waals surface area contributed by atoms with Crippen LogP contribution in [0.4, 0.5) is 5.69 Å². The van der Waals surface area contributed by atoms with Crippen LogP contribution < -0.4 is 25.0 Å². The third kappa shape index (κ3) is 8.33.